The number of hydrogen-bond donors (Lipinski definition) is 1. The molecule has 1 saturated heterocycles. The molecule has 0 amide bonds. The van der Waals surface area contributed by atoms with Gasteiger partial charge in [-0.2, -0.15) is 0 Å². The quantitative estimate of drug-likeness (QED) is 0.800. The summed E-state index contributed by atoms with van der Waals surface area (Å²) in [5.74, 6) is 0.671. The third-order valence-electron chi connectivity index (χ3n) is 4.21. The minimum atomic E-state index is 0.120. The molecule has 4 rings (SSSR count). The molecule has 0 bridgehead atoms. The monoisotopic (exact) mass is 329 g/mol. The first-order valence-corrected chi connectivity index (χ1v) is 7.89. The average molecular weight is 330 g/mol. The van der Waals surface area contributed by atoms with Crippen LogP contribution < -0.4 is 0 Å². The maximum absolute atomic E-state index is 10.2. The number of ether oxygens (including phenoxy) is 1. The number of nitrogens with zero attached hydrogens (tertiary/aromatic N) is 3. The number of fused-ring (bicyclic) bond motifs is 1. The highest BCUT2D eigenvalue weighted by molar-refractivity contribution is 6.31. The van der Waals surface area contributed by atoms with Gasteiger partial charge in [0.2, 0.25) is 0 Å². The van der Waals surface area contributed by atoms with Crippen LogP contribution in [-0.2, 0) is 11.3 Å². The van der Waals surface area contributed by atoms with E-state index in [1.54, 1.807) is 0 Å². The van der Waals surface area contributed by atoms with E-state index in [-0.39, 0.29) is 5.75 Å². The lowest BCUT2D eigenvalue weighted by Crippen LogP contribution is -2.31. The topological polar surface area (TPSA) is 60.2 Å². The van der Waals surface area contributed by atoms with Crippen LogP contribution in [0.3, 0.4) is 0 Å². The van der Waals surface area contributed by atoms with Crippen LogP contribution in [0.15, 0.2) is 30.5 Å². The second-order valence-electron chi connectivity index (χ2n) is 6.00. The van der Waals surface area contributed by atoms with Gasteiger partial charge in [-0.1, -0.05) is 11.6 Å². The summed E-state index contributed by atoms with van der Waals surface area (Å²) in [6.45, 7) is 4.41. The van der Waals surface area contributed by atoms with Gasteiger partial charge >= 0.3 is 0 Å². The lowest BCUT2D eigenvalue weighted by atomic mass is 10.0. The van der Waals surface area contributed by atoms with Crippen molar-refractivity contribution in [1.29, 1.82) is 0 Å². The molecule has 1 fully saturated rings. The molecule has 0 unspecified atom stereocenters. The van der Waals surface area contributed by atoms with Gasteiger partial charge in [-0.25, -0.2) is 0 Å². The van der Waals surface area contributed by atoms with Crippen LogP contribution in [0.25, 0.3) is 22.3 Å². The molecule has 1 N–H and O–H groups in total. The summed E-state index contributed by atoms with van der Waals surface area (Å²) in [7, 11) is 0. The Kier molecular flexibility index (Phi) is 3.47. The van der Waals surface area contributed by atoms with E-state index >= 15 is 0 Å². The zero-order valence-electron chi connectivity index (χ0n) is 12.7. The Hall–Kier alpha value is -2.11. The van der Waals surface area contributed by atoms with Crippen molar-refractivity contribution in [1.82, 2.24) is 14.8 Å². The molecule has 3 heterocycles. The first kappa shape index (κ1) is 14.5. The Morgan fingerprint density at radius 3 is 2.83 bits per heavy atom. The summed E-state index contributed by atoms with van der Waals surface area (Å²) >= 11 is 5.97. The molecule has 23 heavy (non-hydrogen) atoms. The van der Waals surface area contributed by atoms with E-state index < -0.39 is 0 Å². The number of rotatable bonds is 3. The summed E-state index contributed by atoms with van der Waals surface area (Å²) in [4.78, 5) is 0. The third-order valence-corrected chi connectivity index (χ3v) is 4.42. The average Bonchev–Trinajstić information content (AvgIpc) is 2.84. The smallest absolute Gasteiger partial charge is 0.162 e. The normalized spacial score (nSPS) is 15.0. The van der Waals surface area contributed by atoms with Crippen molar-refractivity contribution in [2.75, 3.05) is 13.2 Å². The van der Waals surface area contributed by atoms with E-state index in [0.717, 1.165) is 36.4 Å². The predicted octanol–water partition coefficient (Wildman–Crippen LogP) is 3.41. The van der Waals surface area contributed by atoms with Crippen molar-refractivity contribution in [2.24, 2.45) is 5.92 Å². The third kappa shape index (κ3) is 2.56. The summed E-state index contributed by atoms with van der Waals surface area (Å²) in [6.07, 6.45) is 2.02. The first-order chi connectivity index (χ1) is 11.1. The lowest BCUT2D eigenvalue weighted by molar-refractivity contribution is -0.0389. The Labute approximate surface area is 138 Å². The predicted molar refractivity (Wildman–Crippen MR) is 88.7 cm³/mol. The van der Waals surface area contributed by atoms with Crippen LogP contribution in [0.1, 0.15) is 5.56 Å². The molecular weight excluding hydrogens is 314 g/mol. The molecule has 3 aromatic rings. The number of phenolic OH excluding ortho intramolecular Hbond substituents is 1. The van der Waals surface area contributed by atoms with E-state index in [9.17, 15) is 5.11 Å². The Bertz CT molecular complexity index is 864. The van der Waals surface area contributed by atoms with E-state index in [1.165, 1.54) is 6.07 Å². The van der Waals surface area contributed by atoms with Crippen molar-refractivity contribution >= 4 is 22.6 Å². The van der Waals surface area contributed by atoms with Gasteiger partial charge in [-0.3, -0.25) is 0 Å². The van der Waals surface area contributed by atoms with Gasteiger partial charge in [0.05, 0.1) is 18.9 Å². The SMILES string of the molecule is Cc1cc(Cl)cc(O)c1-c1cc2ccn(CC3COC3)c2nn1. The molecule has 1 aromatic carbocycles. The molecule has 118 valence electrons. The largest absolute Gasteiger partial charge is 0.507 e. The second kappa shape index (κ2) is 5.51. The molecule has 0 aliphatic carbocycles. The van der Waals surface area contributed by atoms with E-state index in [0.29, 0.717) is 22.2 Å². The van der Waals surface area contributed by atoms with Crippen molar-refractivity contribution in [3.8, 4) is 17.0 Å². The van der Waals surface area contributed by atoms with Crippen LogP contribution >= 0.6 is 11.6 Å². The van der Waals surface area contributed by atoms with E-state index in [4.69, 9.17) is 16.3 Å². The number of benzene rings is 1. The minimum Gasteiger partial charge on any atom is -0.507 e. The summed E-state index contributed by atoms with van der Waals surface area (Å²) in [6, 6.07) is 7.31. The Morgan fingerprint density at radius 1 is 1.30 bits per heavy atom. The van der Waals surface area contributed by atoms with Crippen LogP contribution in [0.5, 0.6) is 5.75 Å². The number of aromatic nitrogens is 3. The fourth-order valence-corrected chi connectivity index (χ4v) is 3.25. The van der Waals surface area contributed by atoms with Gasteiger partial charge in [0.25, 0.3) is 0 Å². The van der Waals surface area contributed by atoms with Crippen LogP contribution in [0, 0.1) is 12.8 Å². The van der Waals surface area contributed by atoms with Gasteiger partial charge in [0.1, 0.15) is 5.75 Å². The standard InChI is InChI=1S/C17H16ClN3O2/c1-10-4-13(18)6-15(22)16(10)14-5-12-2-3-21(17(12)20-19-14)7-11-8-23-9-11/h2-6,11,22H,7-9H2,1H3. The second-order valence-corrected chi connectivity index (χ2v) is 6.43. The fraction of sp³-hybridized carbons (Fsp3) is 0.294. The van der Waals surface area contributed by atoms with Gasteiger partial charge in [-0.05, 0) is 36.8 Å². The number of halogens is 1. The highest BCUT2D eigenvalue weighted by atomic mass is 35.5. The van der Waals surface area contributed by atoms with Crippen molar-refractivity contribution in [3.05, 3.63) is 41.0 Å². The van der Waals surface area contributed by atoms with Crippen LogP contribution in [0.4, 0.5) is 0 Å². The van der Waals surface area contributed by atoms with Gasteiger partial charge in [0, 0.05) is 34.6 Å². The molecule has 6 heteroatoms. The maximum atomic E-state index is 10.2. The fourth-order valence-electron chi connectivity index (χ4n) is 2.98. The maximum Gasteiger partial charge on any atom is 0.162 e. The summed E-state index contributed by atoms with van der Waals surface area (Å²) in [5.41, 5.74) is 3.04. The number of aromatic hydroxyl groups is 1. The molecule has 0 spiro atoms. The van der Waals surface area contributed by atoms with Crippen molar-refractivity contribution < 1.29 is 9.84 Å². The van der Waals surface area contributed by atoms with Crippen LogP contribution in [-0.4, -0.2) is 33.1 Å². The van der Waals surface area contributed by atoms with Crippen LogP contribution in [0.2, 0.25) is 5.02 Å². The summed E-state index contributed by atoms with van der Waals surface area (Å²) < 4.78 is 7.33. The molecule has 0 radical (unpaired) electrons. The first-order valence-electron chi connectivity index (χ1n) is 7.51. The zero-order chi connectivity index (χ0) is 16.0. The van der Waals surface area contributed by atoms with Gasteiger partial charge < -0.3 is 14.4 Å². The molecule has 0 atom stereocenters. The highest BCUT2D eigenvalue weighted by Gasteiger charge is 2.20. The zero-order valence-corrected chi connectivity index (χ0v) is 13.4. The highest BCUT2D eigenvalue weighted by Crippen LogP contribution is 2.34. The van der Waals surface area contributed by atoms with Gasteiger partial charge in [-0.15, -0.1) is 10.2 Å². The Morgan fingerprint density at radius 2 is 2.13 bits per heavy atom. The summed E-state index contributed by atoms with van der Waals surface area (Å²) in [5, 5.41) is 20.4. The molecule has 1 aliphatic rings. The molecule has 0 saturated carbocycles. The van der Waals surface area contributed by atoms with E-state index in [2.05, 4.69) is 14.8 Å². The molecule has 5 nitrogen and oxygen atoms in total. The number of hydrogen-bond acceptors (Lipinski definition) is 4. The number of phenols is 1. The lowest BCUT2D eigenvalue weighted by Gasteiger charge is -2.26. The molecular formula is C17H16ClN3O2. The Balaban J connectivity index is 1.75. The van der Waals surface area contributed by atoms with Crippen molar-refractivity contribution in [2.45, 2.75) is 13.5 Å². The molecule has 2 aromatic heterocycles. The minimum absolute atomic E-state index is 0.120. The molecule has 1 aliphatic heterocycles. The van der Waals surface area contributed by atoms with Gasteiger partial charge in [0.15, 0.2) is 5.65 Å². The number of aryl methyl sites for hydroxylation is 1. The van der Waals surface area contributed by atoms with Crippen molar-refractivity contribution in [3.63, 3.8) is 0 Å². The van der Waals surface area contributed by atoms with E-state index in [1.807, 2.05) is 31.3 Å².